The van der Waals surface area contributed by atoms with Crippen LogP contribution in [0.1, 0.15) is 20.3 Å². The number of hydrogen-bond acceptors (Lipinski definition) is 6. The summed E-state index contributed by atoms with van der Waals surface area (Å²) in [6, 6.07) is 0. The summed E-state index contributed by atoms with van der Waals surface area (Å²) in [5, 5.41) is 7.08. The van der Waals surface area contributed by atoms with Crippen molar-refractivity contribution in [3.8, 4) is 0 Å². The van der Waals surface area contributed by atoms with Gasteiger partial charge in [-0.3, -0.25) is 0 Å². The monoisotopic (exact) mass is 250 g/mol. The van der Waals surface area contributed by atoms with E-state index in [1.807, 2.05) is 13.8 Å². The van der Waals surface area contributed by atoms with Crippen LogP contribution in [0.4, 0.5) is 5.13 Å². The Kier molecular flexibility index (Phi) is 4.00. The Bertz CT molecular complexity index is 412. The smallest absolute Gasteiger partial charge is 0.269 e. The average Bonchev–Trinajstić information content (AvgIpc) is 2.51. The minimum absolute atomic E-state index is 0.0799. The number of aromatic nitrogens is 2. The van der Waals surface area contributed by atoms with Crippen molar-refractivity contribution in [1.82, 2.24) is 14.9 Å². The molecule has 0 radical (unpaired) electrons. The first-order chi connectivity index (χ1) is 6.92. The van der Waals surface area contributed by atoms with E-state index in [-0.39, 0.29) is 9.47 Å². The first kappa shape index (κ1) is 12.3. The molecule has 0 saturated heterocycles. The van der Waals surface area contributed by atoms with Gasteiger partial charge in [-0.05, 0) is 12.3 Å². The van der Waals surface area contributed by atoms with E-state index in [2.05, 4.69) is 14.9 Å². The Morgan fingerprint density at radius 3 is 2.60 bits per heavy atom. The van der Waals surface area contributed by atoms with Gasteiger partial charge in [0.05, 0.1) is 0 Å². The van der Waals surface area contributed by atoms with Gasteiger partial charge in [0.1, 0.15) is 0 Å². The third kappa shape index (κ3) is 3.73. The molecular formula is C7H14N4O2S2. The van der Waals surface area contributed by atoms with Crippen molar-refractivity contribution in [2.45, 2.75) is 24.6 Å². The van der Waals surface area contributed by atoms with Crippen LogP contribution in [-0.2, 0) is 10.0 Å². The summed E-state index contributed by atoms with van der Waals surface area (Å²) in [6.07, 6.45) is 0.785. The van der Waals surface area contributed by atoms with Gasteiger partial charge in [0, 0.05) is 6.54 Å². The zero-order valence-corrected chi connectivity index (χ0v) is 10.2. The Balaban J connectivity index is 2.60. The molecule has 0 aliphatic heterocycles. The number of sulfonamides is 1. The minimum Gasteiger partial charge on any atom is -0.374 e. The molecule has 0 aliphatic rings. The standard InChI is InChI=1S/C7H14N4O2S2/c1-5(2)3-4-9-15(12,13)7-11-10-6(8)14-7/h5,9H,3-4H2,1-2H3,(H2,8,10). The highest BCUT2D eigenvalue weighted by Crippen LogP contribution is 2.16. The molecule has 6 nitrogen and oxygen atoms in total. The molecule has 1 rings (SSSR count). The van der Waals surface area contributed by atoms with Crippen LogP contribution in [0.2, 0.25) is 0 Å². The zero-order valence-electron chi connectivity index (χ0n) is 8.60. The molecule has 15 heavy (non-hydrogen) atoms. The molecule has 0 aromatic carbocycles. The van der Waals surface area contributed by atoms with Crippen LogP contribution in [0.15, 0.2) is 4.34 Å². The highest BCUT2D eigenvalue weighted by Gasteiger charge is 2.18. The van der Waals surface area contributed by atoms with Crippen LogP contribution < -0.4 is 10.5 Å². The Morgan fingerprint density at radius 2 is 2.13 bits per heavy atom. The summed E-state index contributed by atoms with van der Waals surface area (Å²) in [7, 11) is -3.52. The van der Waals surface area contributed by atoms with Gasteiger partial charge in [-0.2, -0.15) is 0 Å². The van der Waals surface area contributed by atoms with Crippen molar-refractivity contribution < 1.29 is 8.42 Å². The predicted octanol–water partition coefficient (Wildman–Crippen LogP) is 0.445. The van der Waals surface area contributed by atoms with Crippen LogP contribution >= 0.6 is 11.3 Å². The van der Waals surface area contributed by atoms with E-state index in [0.29, 0.717) is 12.5 Å². The highest BCUT2D eigenvalue weighted by molar-refractivity contribution is 7.91. The maximum atomic E-state index is 11.6. The van der Waals surface area contributed by atoms with E-state index < -0.39 is 10.0 Å². The molecule has 0 saturated carbocycles. The number of nitrogens with zero attached hydrogens (tertiary/aromatic N) is 2. The van der Waals surface area contributed by atoms with E-state index in [0.717, 1.165) is 17.8 Å². The van der Waals surface area contributed by atoms with E-state index in [9.17, 15) is 8.42 Å². The topological polar surface area (TPSA) is 98.0 Å². The lowest BCUT2D eigenvalue weighted by atomic mass is 10.1. The Labute approximate surface area is 93.0 Å². The second kappa shape index (κ2) is 4.86. The maximum absolute atomic E-state index is 11.6. The summed E-state index contributed by atoms with van der Waals surface area (Å²) in [4.78, 5) is 0. The van der Waals surface area contributed by atoms with Crippen LogP contribution in [0.3, 0.4) is 0 Å². The van der Waals surface area contributed by atoms with Gasteiger partial charge in [0.2, 0.25) is 9.47 Å². The second-order valence-corrected chi connectivity index (χ2v) is 6.44. The van der Waals surface area contributed by atoms with Gasteiger partial charge in [-0.15, -0.1) is 10.2 Å². The van der Waals surface area contributed by atoms with Crippen molar-refractivity contribution in [1.29, 1.82) is 0 Å². The fourth-order valence-corrected chi connectivity index (χ4v) is 2.75. The normalized spacial score (nSPS) is 12.2. The van der Waals surface area contributed by atoms with Crippen LogP contribution in [0.5, 0.6) is 0 Å². The highest BCUT2D eigenvalue weighted by atomic mass is 32.2. The molecule has 8 heteroatoms. The predicted molar refractivity (Wildman–Crippen MR) is 59.0 cm³/mol. The number of rotatable bonds is 5. The Hall–Kier alpha value is -0.730. The summed E-state index contributed by atoms with van der Waals surface area (Å²) >= 11 is 0.859. The van der Waals surface area contributed by atoms with Crippen molar-refractivity contribution in [2.75, 3.05) is 12.3 Å². The second-order valence-electron chi connectivity index (χ2n) is 3.49. The summed E-state index contributed by atoms with van der Waals surface area (Å²) in [5.74, 6) is 0.451. The molecule has 0 atom stereocenters. The fraction of sp³-hybridized carbons (Fsp3) is 0.714. The Morgan fingerprint density at radius 1 is 1.47 bits per heavy atom. The average molecular weight is 250 g/mol. The number of hydrogen-bond donors (Lipinski definition) is 2. The molecule has 3 N–H and O–H groups in total. The van der Waals surface area contributed by atoms with Gasteiger partial charge in [-0.1, -0.05) is 25.2 Å². The summed E-state index contributed by atoms with van der Waals surface area (Å²) in [5.41, 5.74) is 5.30. The molecule has 86 valence electrons. The number of nitrogen functional groups attached to an aromatic ring is 1. The van der Waals surface area contributed by atoms with Gasteiger partial charge in [0.25, 0.3) is 10.0 Å². The number of anilines is 1. The van der Waals surface area contributed by atoms with Crippen molar-refractivity contribution in [3.05, 3.63) is 0 Å². The molecule has 0 bridgehead atoms. The summed E-state index contributed by atoms with van der Waals surface area (Å²) < 4.78 is 25.5. The van der Waals surface area contributed by atoms with Crippen LogP contribution in [0, 0.1) is 5.92 Å². The third-order valence-corrected chi connectivity index (χ3v) is 4.25. The maximum Gasteiger partial charge on any atom is 0.269 e. The molecule has 0 amide bonds. The summed E-state index contributed by atoms with van der Waals surface area (Å²) in [6.45, 7) is 4.45. The SMILES string of the molecule is CC(C)CCNS(=O)(=O)c1nnc(N)s1. The molecule has 1 heterocycles. The van der Waals surface area contributed by atoms with Crippen molar-refractivity contribution >= 4 is 26.5 Å². The molecule has 0 aliphatic carbocycles. The van der Waals surface area contributed by atoms with E-state index in [1.54, 1.807) is 0 Å². The fourth-order valence-electron chi connectivity index (χ4n) is 0.873. The molecule has 0 fully saturated rings. The van der Waals surface area contributed by atoms with E-state index >= 15 is 0 Å². The molecule has 1 aromatic heterocycles. The minimum atomic E-state index is -3.52. The zero-order chi connectivity index (χ0) is 11.5. The van der Waals surface area contributed by atoms with Gasteiger partial charge < -0.3 is 5.73 Å². The van der Waals surface area contributed by atoms with Gasteiger partial charge >= 0.3 is 0 Å². The first-order valence-electron chi connectivity index (χ1n) is 4.50. The van der Waals surface area contributed by atoms with Gasteiger partial charge in [-0.25, -0.2) is 13.1 Å². The largest absolute Gasteiger partial charge is 0.374 e. The lowest BCUT2D eigenvalue weighted by Gasteiger charge is -2.05. The molecule has 0 unspecified atom stereocenters. The first-order valence-corrected chi connectivity index (χ1v) is 6.80. The van der Waals surface area contributed by atoms with E-state index in [1.165, 1.54) is 0 Å². The van der Waals surface area contributed by atoms with Crippen molar-refractivity contribution in [2.24, 2.45) is 5.92 Å². The molecular weight excluding hydrogens is 236 g/mol. The van der Waals surface area contributed by atoms with Crippen LogP contribution in [-0.4, -0.2) is 25.2 Å². The molecule has 0 spiro atoms. The number of nitrogens with one attached hydrogen (secondary N) is 1. The third-order valence-electron chi connectivity index (χ3n) is 1.67. The van der Waals surface area contributed by atoms with E-state index in [4.69, 9.17) is 5.73 Å². The lowest BCUT2D eigenvalue weighted by Crippen LogP contribution is -2.25. The lowest BCUT2D eigenvalue weighted by molar-refractivity contribution is 0.550. The number of nitrogens with two attached hydrogens (primary N) is 1. The molecule has 1 aromatic rings. The van der Waals surface area contributed by atoms with Crippen LogP contribution in [0.25, 0.3) is 0 Å². The quantitative estimate of drug-likeness (QED) is 0.790. The van der Waals surface area contributed by atoms with Crippen molar-refractivity contribution in [3.63, 3.8) is 0 Å². The van der Waals surface area contributed by atoms with Gasteiger partial charge in [0.15, 0.2) is 0 Å².